The van der Waals surface area contributed by atoms with E-state index in [1.54, 1.807) is 0 Å². The van der Waals surface area contributed by atoms with Gasteiger partial charge in [-0.15, -0.1) is 0 Å². The summed E-state index contributed by atoms with van der Waals surface area (Å²) in [7, 11) is 0. The maximum absolute atomic E-state index is 12.4. The van der Waals surface area contributed by atoms with E-state index in [1.807, 2.05) is 31.2 Å². The first-order valence-electron chi connectivity index (χ1n) is 8.12. The summed E-state index contributed by atoms with van der Waals surface area (Å²) in [5, 5.41) is 3.69. The number of hydrogen-bond acceptors (Lipinski definition) is 4. The zero-order valence-corrected chi connectivity index (χ0v) is 14.1. The molecule has 5 nitrogen and oxygen atoms in total. The lowest BCUT2D eigenvalue weighted by molar-refractivity contribution is -0.188. The predicted molar refractivity (Wildman–Crippen MR) is 88.2 cm³/mol. The largest absolute Gasteiger partial charge is 0.351 e. The maximum atomic E-state index is 12.4. The number of halogens is 1. The van der Waals surface area contributed by atoms with Crippen molar-refractivity contribution in [1.29, 1.82) is 0 Å². The number of ether oxygens (including phenoxy) is 2. The van der Waals surface area contributed by atoms with Gasteiger partial charge in [-0.3, -0.25) is 9.69 Å². The molecule has 1 spiro atoms. The Hall–Kier alpha value is -1.14. The van der Waals surface area contributed by atoms with Crippen LogP contribution >= 0.6 is 11.6 Å². The van der Waals surface area contributed by atoms with Crippen molar-refractivity contribution in [2.45, 2.75) is 38.1 Å². The summed E-state index contributed by atoms with van der Waals surface area (Å²) in [6, 6.07) is 7.36. The second kappa shape index (κ2) is 7.18. The smallest absolute Gasteiger partial charge is 0.237 e. The standard InChI is InChI=1S/C17H23ClN2O3/c1-13(16(21)19-12-14-2-4-15(18)5-3-14)20-8-6-17(7-9-20)22-10-11-23-17/h2-5,13H,6-12H2,1H3,(H,19,21). The third kappa shape index (κ3) is 4.04. The number of likely N-dealkylation sites (tertiary alicyclic amines) is 1. The molecule has 1 unspecified atom stereocenters. The lowest BCUT2D eigenvalue weighted by Gasteiger charge is -2.39. The Labute approximate surface area is 141 Å². The second-order valence-corrected chi connectivity index (χ2v) is 6.60. The fourth-order valence-electron chi connectivity index (χ4n) is 3.14. The van der Waals surface area contributed by atoms with E-state index in [1.165, 1.54) is 0 Å². The van der Waals surface area contributed by atoms with Crippen LogP contribution in [0.1, 0.15) is 25.3 Å². The first-order valence-corrected chi connectivity index (χ1v) is 8.50. The highest BCUT2D eigenvalue weighted by molar-refractivity contribution is 6.30. The lowest BCUT2D eigenvalue weighted by atomic mass is 10.0. The number of nitrogens with one attached hydrogen (secondary N) is 1. The van der Waals surface area contributed by atoms with Crippen molar-refractivity contribution in [3.63, 3.8) is 0 Å². The first kappa shape index (κ1) is 16.7. The van der Waals surface area contributed by atoms with Gasteiger partial charge in [0.05, 0.1) is 19.3 Å². The summed E-state index contributed by atoms with van der Waals surface area (Å²) >= 11 is 5.86. The van der Waals surface area contributed by atoms with Crippen molar-refractivity contribution in [2.24, 2.45) is 0 Å². The average Bonchev–Trinajstić information content (AvgIpc) is 3.02. The van der Waals surface area contributed by atoms with Gasteiger partial charge < -0.3 is 14.8 Å². The van der Waals surface area contributed by atoms with Crippen LogP contribution in [0.2, 0.25) is 5.02 Å². The highest BCUT2D eigenvalue weighted by atomic mass is 35.5. The Morgan fingerprint density at radius 3 is 2.48 bits per heavy atom. The van der Waals surface area contributed by atoms with Crippen molar-refractivity contribution in [1.82, 2.24) is 10.2 Å². The van der Waals surface area contributed by atoms with E-state index in [4.69, 9.17) is 21.1 Å². The monoisotopic (exact) mass is 338 g/mol. The van der Waals surface area contributed by atoms with Gasteiger partial charge in [0.15, 0.2) is 5.79 Å². The van der Waals surface area contributed by atoms with E-state index in [0.717, 1.165) is 31.5 Å². The molecule has 2 aliphatic rings. The Balaban J connectivity index is 1.47. The highest BCUT2D eigenvalue weighted by Crippen LogP contribution is 2.31. The minimum atomic E-state index is -0.393. The highest BCUT2D eigenvalue weighted by Gasteiger charge is 2.41. The van der Waals surface area contributed by atoms with Crippen LogP contribution in [0.15, 0.2) is 24.3 Å². The van der Waals surface area contributed by atoms with Gasteiger partial charge in [-0.1, -0.05) is 23.7 Å². The fourth-order valence-corrected chi connectivity index (χ4v) is 3.27. The van der Waals surface area contributed by atoms with Crippen LogP contribution in [0.4, 0.5) is 0 Å². The number of benzene rings is 1. The molecule has 2 fully saturated rings. The average molecular weight is 339 g/mol. The van der Waals surface area contributed by atoms with Crippen molar-refractivity contribution >= 4 is 17.5 Å². The molecule has 3 rings (SSSR count). The molecule has 0 radical (unpaired) electrons. The summed E-state index contributed by atoms with van der Waals surface area (Å²) in [5.41, 5.74) is 1.04. The Morgan fingerprint density at radius 1 is 1.26 bits per heavy atom. The predicted octanol–water partition coefficient (Wildman–Crippen LogP) is 2.18. The summed E-state index contributed by atoms with van der Waals surface area (Å²) in [6.07, 6.45) is 1.64. The third-order valence-corrected chi connectivity index (χ3v) is 4.93. The minimum Gasteiger partial charge on any atom is -0.351 e. The van der Waals surface area contributed by atoms with Gasteiger partial charge in [-0.25, -0.2) is 0 Å². The zero-order valence-electron chi connectivity index (χ0n) is 13.4. The fraction of sp³-hybridized carbons (Fsp3) is 0.588. The number of carbonyl (C=O) groups is 1. The van der Waals surface area contributed by atoms with Crippen molar-refractivity contribution < 1.29 is 14.3 Å². The number of hydrogen-bond donors (Lipinski definition) is 1. The Kier molecular flexibility index (Phi) is 5.21. The first-order chi connectivity index (χ1) is 11.1. The molecule has 1 aromatic rings. The van der Waals surface area contributed by atoms with Gasteiger partial charge in [0.25, 0.3) is 0 Å². The maximum Gasteiger partial charge on any atom is 0.237 e. The van der Waals surface area contributed by atoms with Crippen molar-refractivity contribution in [3.05, 3.63) is 34.9 Å². The number of amides is 1. The quantitative estimate of drug-likeness (QED) is 0.914. The molecule has 1 amide bonds. The van der Waals surface area contributed by atoms with Crippen LogP contribution in [0.25, 0.3) is 0 Å². The zero-order chi connectivity index (χ0) is 16.3. The second-order valence-electron chi connectivity index (χ2n) is 6.16. The summed E-state index contributed by atoms with van der Waals surface area (Å²) in [5.74, 6) is -0.347. The molecule has 0 saturated carbocycles. The van der Waals surface area contributed by atoms with Crippen LogP contribution in [0, 0.1) is 0 Å². The molecule has 1 atom stereocenters. The third-order valence-electron chi connectivity index (χ3n) is 4.68. The molecule has 0 aromatic heterocycles. The van der Waals surface area contributed by atoms with Gasteiger partial charge in [0, 0.05) is 37.5 Å². The molecule has 2 aliphatic heterocycles. The van der Waals surface area contributed by atoms with Crippen LogP contribution < -0.4 is 5.32 Å². The molecular formula is C17H23ClN2O3. The van der Waals surface area contributed by atoms with Crippen molar-refractivity contribution in [2.75, 3.05) is 26.3 Å². The molecule has 2 saturated heterocycles. The molecule has 0 bridgehead atoms. The van der Waals surface area contributed by atoms with E-state index >= 15 is 0 Å². The number of rotatable bonds is 4. The van der Waals surface area contributed by atoms with Gasteiger partial charge >= 0.3 is 0 Å². The van der Waals surface area contributed by atoms with E-state index < -0.39 is 5.79 Å². The van der Waals surface area contributed by atoms with Gasteiger partial charge in [0.2, 0.25) is 5.91 Å². The summed E-state index contributed by atoms with van der Waals surface area (Å²) < 4.78 is 11.4. The lowest BCUT2D eigenvalue weighted by Crippen LogP contribution is -2.52. The minimum absolute atomic E-state index is 0.0455. The molecule has 2 heterocycles. The van der Waals surface area contributed by atoms with Gasteiger partial charge in [-0.2, -0.15) is 0 Å². The SMILES string of the molecule is CC(C(=O)NCc1ccc(Cl)cc1)N1CCC2(CC1)OCCO2. The molecule has 1 N–H and O–H groups in total. The topological polar surface area (TPSA) is 50.8 Å². The van der Waals surface area contributed by atoms with E-state index in [0.29, 0.717) is 24.8 Å². The van der Waals surface area contributed by atoms with Gasteiger partial charge in [0.1, 0.15) is 0 Å². The van der Waals surface area contributed by atoms with E-state index in [2.05, 4.69) is 10.2 Å². The molecule has 1 aromatic carbocycles. The van der Waals surface area contributed by atoms with E-state index in [-0.39, 0.29) is 11.9 Å². The molecule has 6 heteroatoms. The van der Waals surface area contributed by atoms with Crippen LogP contribution in [-0.2, 0) is 20.8 Å². The number of nitrogens with zero attached hydrogens (tertiary/aromatic N) is 1. The van der Waals surface area contributed by atoms with E-state index in [9.17, 15) is 4.79 Å². The Bertz CT molecular complexity index is 533. The molecule has 0 aliphatic carbocycles. The summed E-state index contributed by atoms with van der Waals surface area (Å²) in [4.78, 5) is 14.5. The normalized spacial score (nSPS) is 22.2. The Morgan fingerprint density at radius 2 is 1.87 bits per heavy atom. The summed E-state index contributed by atoms with van der Waals surface area (Å²) in [6.45, 7) is 5.45. The number of piperidine rings is 1. The number of carbonyl (C=O) groups excluding carboxylic acids is 1. The molecule has 23 heavy (non-hydrogen) atoms. The van der Waals surface area contributed by atoms with Crippen LogP contribution in [-0.4, -0.2) is 48.9 Å². The molecular weight excluding hydrogens is 316 g/mol. The van der Waals surface area contributed by atoms with Gasteiger partial charge in [-0.05, 0) is 24.6 Å². The van der Waals surface area contributed by atoms with Crippen LogP contribution in [0.3, 0.4) is 0 Å². The van der Waals surface area contributed by atoms with Crippen molar-refractivity contribution in [3.8, 4) is 0 Å². The molecule has 126 valence electrons. The van der Waals surface area contributed by atoms with Crippen LogP contribution in [0.5, 0.6) is 0 Å².